The fourth-order valence-electron chi connectivity index (χ4n) is 4.23. The summed E-state index contributed by atoms with van der Waals surface area (Å²) in [6.45, 7) is 1.62. The second kappa shape index (κ2) is 8.59. The zero-order valence-corrected chi connectivity index (χ0v) is 19.9. The molecule has 0 spiro atoms. The molecule has 0 N–H and O–H groups in total. The monoisotopic (exact) mass is 490 g/mol. The molecule has 9 heteroatoms. The van der Waals surface area contributed by atoms with Crippen LogP contribution in [0.5, 0.6) is 5.75 Å². The molecule has 1 aromatic heterocycles. The van der Waals surface area contributed by atoms with E-state index in [1.54, 1.807) is 60.7 Å². The number of benzene rings is 3. The van der Waals surface area contributed by atoms with Crippen molar-refractivity contribution in [1.29, 1.82) is 0 Å². The van der Waals surface area contributed by atoms with Crippen LogP contribution in [0.15, 0.2) is 83.9 Å². The van der Waals surface area contributed by atoms with Gasteiger partial charge in [-0.2, -0.15) is 0 Å². The van der Waals surface area contributed by atoms with Crippen LogP contribution in [0.1, 0.15) is 20.7 Å². The highest BCUT2D eigenvalue weighted by Gasteiger charge is 2.38. The van der Waals surface area contributed by atoms with E-state index in [9.17, 15) is 18.0 Å². The maximum absolute atomic E-state index is 13.7. The molecule has 35 heavy (non-hydrogen) atoms. The van der Waals surface area contributed by atoms with E-state index < -0.39 is 28.0 Å². The standard InChI is InChI=1S/C26H22N2O6S/c1-17-12-13-22-23(14-17)34-24(16-28(22)35(31,32)18-8-4-3-5-9-18)25(29)27-15-20(26(30)33-2)19-10-6-7-11-21(19)27/h3-15,24H,16H2,1-2H3/t24-/m0/s1. The topological polar surface area (TPSA) is 94.9 Å². The molecule has 178 valence electrons. The van der Waals surface area contributed by atoms with E-state index in [0.717, 1.165) is 5.56 Å². The first-order chi connectivity index (χ1) is 16.8. The summed E-state index contributed by atoms with van der Waals surface area (Å²) in [7, 11) is -2.70. The largest absolute Gasteiger partial charge is 0.476 e. The van der Waals surface area contributed by atoms with Crippen LogP contribution in [0.3, 0.4) is 0 Å². The molecule has 0 saturated carbocycles. The van der Waals surface area contributed by atoms with Gasteiger partial charge in [0.2, 0.25) is 0 Å². The number of hydrogen-bond donors (Lipinski definition) is 0. The van der Waals surface area contributed by atoms with Crippen molar-refractivity contribution in [2.24, 2.45) is 0 Å². The zero-order valence-electron chi connectivity index (χ0n) is 19.0. The lowest BCUT2D eigenvalue weighted by molar-refractivity contribution is 0.0602. The highest BCUT2D eigenvalue weighted by Crippen LogP contribution is 2.38. The van der Waals surface area contributed by atoms with Crippen LogP contribution < -0.4 is 9.04 Å². The Balaban J connectivity index is 1.61. The van der Waals surface area contributed by atoms with Crippen LogP contribution in [0.25, 0.3) is 10.9 Å². The van der Waals surface area contributed by atoms with Gasteiger partial charge >= 0.3 is 5.97 Å². The van der Waals surface area contributed by atoms with Crippen molar-refractivity contribution in [1.82, 2.24) is 4.57 Å². The molecule has 0 saturated heterocycles. The lowest BCUT2D eigenvalue weighted by Gasteiger charge is -2.35. The lowest BCUT2D eigenvalue weighted by atomic mass is 10.1. The highest BCUT2D eigenvalue weighted by atomic mass is 32.2. The van der Waals surface area contributed by atoms with E-state index in [-0.39, 0.29) is 17.0 Å². The first-order valence-electron chi connectivity index (χ1n) is 10.9. The first-order valence-corrected chi connectivity index (χ1v) is 12.3. The molecule has 0 aliphatic carbocycles. The number of fused-ring (bicyclic) bond motifs is 2. The number of aryl methyl sites for hydroxylation is 1. The fourth-order valence-corrected chi connectivity index (χ4v) is 5.72. The number of carbonyl (C=O) groups excluding carboxylic acids is 2. The summed E-state index contributed by atoms with van der Waals surface area (Å²) in [6.07, 6.45) is 0.258. The van der Waals surface area contributed by atoms with Crippen LogP contribution in [-0.4, -0.2) is 44.6 Å². The molecule has 0 bridgehead atoms. The average Bonchev–Trinajstić information content (AvgIpc) is 3.27. The van der Waals surface area contributed by atoms with Crippen molar-refractivity contribution in [3.05, 3.63) is 90.1 Å². The Hall–Kier alpha value is -4.11. The van der Waals surface area contributed by atoms with Crippen molar-refractivity contribution < 1.29 is 27.5 Å². The van der Waals surface area contributed by atoms with Gasteiger partial charge in [0.1, 0.15) is 5.75 Å². The van der Waals surface area contributed by atoms with Gasteiger partial charge < -0.3 is 9.47 Å². The zero-order chi connectivity index (χ0) is 24.7. The van der Waals surface area contributed by atoms with Crippen LogP contribution in [-0.2, 0) is 14.8 Å². The van der Waals surface area contributed by atoms with Gasteiger partial charge in [-0.3, -0.25) is 13.7 Å². The van der Waals surface area contributed by atoms with Crippen LogP contribution in [0, 0.1) is 6.92 Å². The van der Waals surface area contributed by atoms with Crippen molar-refractivity contribution in [2.45, 2.75) is 17.9 Å². The molecule has 1 aliphatic rings. The Morgan fingerprint density at radius 1 is 1.00 bits per heavy atom. The van der Waals surface area contributed by atoms with Gasteiger partial charge in [0.15, 0.2) is 6.10 Å². The maximum atomic E-state index is 13.7. The molecule has 4 aromatic rings. The number of esters is 1. The van der Waals surface area contributed by atoms with E-state index in [1.165, 1.54) is 34.3 Å². The number of anilines is 1. The van der Waals surface area contributed by atoms with Gasteiger partial charge in [0, 0.05) is 11.6 Å². The number of carbonyl (C=O) groups is 2. The van der Waals surface area contributed by atoms with E-state index in [2.05, 4.69) is 0 Å². The summed E-state index contributed by atoms with van der Waals surface area (Å²) in [5, 5.41) is 0.550. The molecular formula is C26H22N2O6S. The minimum atomic E-state index is -3.97. The van der Waals surface area contributed by atoms with E-state index in [4.69, 9.17) is 9.47 Å². The summed E-state index contributed by atoms with van der Waals surface area (Å²) in [5.74, 6) is -0.790. The lowest BCUT2D eigenvalue weighted by Crippen LogP contribution is -2.48. The Morgan fingerprint density at radius 2 is 1.71 bits per heavy atom. The normalized spacial score (nSPS) is 15.4. The Bertz CT molecular complexity index is 1560. The highest BCUT2D eigenvalue weighted by molar-refractivity contribution is 7.92. The molecule has 0 fully saturated rings. The Kier molecular flexibility index (Phi) is 5.56. The van der Waals surface area contributed by atoms with Crippen molar-refractivity contribution in [3.63, 3.8) is 0 Å². The SMILES string of the molecule is COC(=O)c1cn(C(=O)[C@@H]2CN(S(=O)(=O)c3ccccc3)c3ccc(C)cc3O2)c2ccccc12. The van der Waals surface area contributed by atoms with Gasteiger partial charge in [0.25, 0.3) is 15.9 Å². The van der Waals surface area contributed by atoms with E-state index in [1.807, 2.05) is 6.92 Å². The molecule has 0 unspecified atom stereocenters. The molecule has 1 aliphatic heterocycles. The summed E-state index contributed by atoms with van der Waals surface area (Å²) in [5.41, 5.74) is 1.94. The second-order valence-electron chi connectivity index (χ2n) is 8.19. The van der Waals surface area contributed by atoms with Crippen LogP contribution >= 0.6 is 0 Å². The maximum Gasteiger partial charge on any atom is 0.340 e. The molecule has 0 amide bonds. The number of methoxy groups -OCH3 is 1. The molecule has 3 aromatic carbocycles. The number of aromatic nitrogens is 1. The fraction of sp³-hybridized carbons (Fsp3) is 0.154. The third kappa shape index (κ3) is 3.83. The number of nitrogens with zero attached hydrogens (tertiary/aromatic N) is 2. The van der Waals surface area contributed by atoms with Gasteiger partial charge in [-0.15, -0.1) is 0 Å². The second-order valence-corrected chi connectivity index (χ2v) is 10.0. The minimum Gasteiger partial charge on any atom is -0.476 e. The Morgan fingerprint density at radius 3 is 2.46 bits per heavy atom. The van der Waals surface area contributed by atoms with Gasteiger partial charge in [-0.05, 0) is 42.8 Å². The summed E-state index contributed by atoms with van der Waals surface area (Å²) < 4.78 is 40.6. The molecular weight excluding hydrogens is 468 g/mol. The number of rotatable bonds is 4. The molecule has 5 rings (SSSR count). The van der Waals surface area contributed by atoms with Gasteiger partial charge in [-0.25, -0.2) is 13.2 Å². The summed E-state index contributed by atoms with van der Waals surface area (Å²) >= 11 is 0. The average molecular weight is 491 g/mol. The molecule has 2 heterocycles. The predicted molar refractivity (Wildman–Crippen MR) is 130 cm³/mol. The van der Waals surface area contributed by atoms with Crippen molar-refractivity contribution in [3.8, 4) is 5.75 Å². The third-order valence-corrected chi connectivity index (χ3v) is 7.74. The quantitative estimate of drug-likeness (QED) is 0.401. The molecule has 8 nitrogen and oxygen atoms in total. The first kappa shape index (κ1) is 22.7. The minimum absolute atomic E-state index is 0.110. The predicted octanol–water partition coefficient (Wildman–Crippen LogP) is 4.03. The smallest absolute Gasteiger partial charge is 0.340 e. The number of hydrogen-bond acceptors (Lipinski definition) is 6. The number of ether oxygens (including phenoxy) is 2. The molecule has 0 radical (unpaired) electrons. The van der Waals surface area contributed by atoms with Gasteiger partial charge in [0.05, 0.1) is 35.3 Å². The van der Waals surface area contributed by atoms with E-state index >= 15 is 0 Å². The van der Waals surface area contributed by atoms with Crippen molar-refractivity contribution in [2.75, 3.05) is 18.0 Å². The third-order valence-electron chi connectivity index (χ3n) is 5.95. The number of sulfonamides is 1. The van der Waals surface area contributed by atoms with Gasteiger partial charge in [-0.1, -0.05) is 42.5 Å². The summed E-state index contributed by atoms with van der Waals surface area (Å²) in [6, 6.07) is 20.2. The van der Waals surface area contributed by atoms with Crippen molar-refractivity contribution >= 4 is 38.5 Å². The summed E-state index contributed by atoms with van der Waals surface area (Å²) in [4.78, 5) is 26.1. The number of para-hydroxylation sites is 1. The van der Waals surface area contributed by atoms with E-state index in [0.29, 0.717) is 22.3 Å². The molecule has 1 atom stereocenters. The Labute approximate surface area is 202 Å². The van der Waals surface area contributed by atoms with Crippen LogP contribution in [0.4, 0.5) is 5.69 Å². The van der Waals surface area contributed by atoms with Crippen LogP contribution in [0.2, 0.25) is 0 Å².